The maximum Gasteiger partial charge on any atom is 0.162 e. The van der Waals surface area contributed by atoms with Gasteiger partial charge in [0.25, 0.3) is 0 Å². The summed E-state index contributed by atoms with van der Waals surface area (Å²) in [4.78, 5) is 2.79. The van der Waals surface area contributed by atoms with E-state index in [1.54, 1.807) is 12.1 Å². The van der Waals surface area contributed by atoms with Gasteiger partial charge in [-0.2, -0.15) is 0 Å². The molecular weight excluding hydrogens is 286 g/mol. The minimum absolute atomic E-state index is 0.314. The van der Waals surface area contributed by atoms with Crippen molar-refractivity contribution in [2.24, 2.45) is 5.11 Å². The van der Waals surface area contributed by atoms with Crippen LogP contribution in [-0.2, 0) is 15.9 Å². The monoisotopic (exact) mass is 305 g/mol. The van der Waals surface area contributed by atoms with Crippen LogP contribution in [0.5, 0.6) is 5.75 Å². The fraction of sp³-hybridized carbons (Fsp3) is 0.467. The van der Waals surface area contributed by atoms with Crippen LogP contribution in [0.25, 0.3) is 10.4 Å². The maximum atomic E-state index is 9.78. The number of rotatable bonds is 6. The molecule has 0 spiro atoms. The third-order valence-corrected chi connectivity index (χ3v) is 3.45. The van der Waals surface area contributed by atoms with E-state index in [0.29, 0.717) is 30.9 Å². The van der Waals surface area contributed by atoms with Crippen molar-refractivity contribution < 1.29 is 19.3 Å². The summed E-state index contributed by atoms with van der Waals surface area (Å²) in [6.07, 6.45) is 1.09. The highest BCUT2D eigenvalue weighted by molar-refractivity contribution is 5.53. The fourth-order valence-corrected chi connectivity index (χ4v) is 2.31. The average Bonchev–Trinajstić information content (AvgIpc) is 2.55. The van der Waals surface area contributed by atoms with Gasteiger partial charge in [-0.15, -0.1) is 6.58 Å². The number of ether oxygens (including phenoxy) is 3. The summed E-state index contributed by atoms with van der Waals surface area (Å²) < 4.78 is 16.4. The van der Waals surface area contributed by atoms with Crippen LogP contribution in [0.1, 0.15) is 12.0 Å². The molecule has 1 fully saturated rings. The first kappa shape index (κ1) is 16.3. The van der Waals surface area contributed by atoms with Crippen LogP contribution in [-0.4, -0.2) is 37.3 Å². The molecule has 1 aromatic rings. The number of benzene rings is 1. The van der Waals surface area contributed by atoms with E-state index in [0.717, 1.165) is 5.56 Å². The summed E-state index contributed by atoms with van der Waals surface area (Å²) in [5, 5.41) is 13.4. The zero-order valence-electron chi connectivity index (χ0n) is 12.4. The molecule has 118 valence electrons. The Morgan fingerprint density at radius 2 is 2.45 bits per heavy atom. The molecule has 2 rings (SSSR count). The molecule has 0 saturated carbocycles. The lowest BCUT2D eigenvalue weighted by Gasteiger charge is -2.32. The fourth-order valence-electron chi connectivity index (χ4n) is 2.31. The summed E-state index contributed by atoms with van der Waals surface area (Å²) >= 11 is 0. The van der Waals surface area contributed by atoms with Crippen molar-refractivity contribution in [3.05, 3.63) is 46.9 Å². The quantitative estimate of drug-likeness (QED) is 0.378. The van der Waals surface area contributed by atoms with Gasteiger partial charge in [-0.05, 0) is 23.2 Å². The largest absolute Gasteiger partial charge is 0.496 e. The normalized spacial score (nSPS) is 22.5. The van der Waals surface area contributed by atoms with Crippen molar-refractivity contribution in [1.29, 1.82) is 0 Å². The van der Waals surface area contributed by atoms with E-state index in [-0.39, 0.29) is 6.10 Å². The van der Waals surface area contributed by atoms with Crippen LogP contribution in [0, 0.1) is 0 Å². The molecular formula is C15H19N3O4. The van der Waals surface area contributed by atoms with E-state index in [9.17, 15) is 5.11 Å². The molecule has 0 radical (unpaired) electrons. The van der Waals surface area contributed by atoms with Gasteiger partial charge in [0.05, 0.1) is 31.6 Å². The Morgan fingerprint density at radius 1 is 1.64 bits per heavy atom. The number of azide groups is 1. The summed E-state index contributed by atoms with van der Waals surface area (Å²) in [7, 11) is 1.51. The van der Waals surface area contributed by atoms with E-state index in [1.807, 2.05) is 6.07 Å². The SMILES string of the molecule is C=C[C@@H](O)[C@H]1CCO[C@@H](Cc2ccc(OC)c(N=[N+]=[N-])c2)O1. The van der Waals surface area contributed by atoms with Crippen LogP contribution in [0.3, 0.4) is 0 Å². The van der Waals surface area contributed by atoms with Crippen LogP contribution in [0.4, 0.5) is 5.69 Å². The highest BCUT2D eigenvalue weighted by atomic mass is 16.7. The molecule has 1 aliphatic rings. The lowest BCUT2D eigenvalue weighted by Crippen LogP contribution is -2.39. The smallest absolute Gasteiger partial charge is 0.162 e. The third kappa shape index (κ3) is 3.99. The number of nitrogens with zero attached hydrogens (tertiary/aromatic N) is 3. The molecule has 1 saturated heterocycles. The molecule has 0 aromatic heterocycles. The minimum Gasteiger partial charge on any atom is -0.496 e. The second-order valence-corrected chi connectivity index (χ2v) is 4.89. The van der Waals surface area contributed by atoms with Crippen molar-refractivity contribution in [3.8, 4) is 5.75 Å². The maximum absolute atomic E-state index is 9.78. The molecule has 1 aliphatic heterocycles. The van der Waals surface area contributed by atoms with Gasteiger partial charge < -0.3 is 19.3 Å². The van der Waals surface area contributed by atoms with Gasteiger partial charge in [-0.1, -0.05) is 17.3 Å². The molecule has 1 N–H and O–H groups in total. The Kier molecular flexibility index (Phi) is 5.80. The Labute approximate surface area is 128 Å². The second kappa shape index (κ2) is 7.82. The molecule has 0 unspecified atom stereocenters. The lowest BCUT2D eigenvalue weighted by molar-refractivity contribution is -0.226. The van der Waals surface area contributed by atoms with Crippen molar-refractivity contribution in [3.63, 3.8) is 0 Å². The summed E-state index contributed by atoms with van der Waals surface area (Å²) in [6, 6.07) is 5.33. The third-order valence-electron chi connectivity index (χ3n) is 3.45. The lowest BCUT2D eigenvalue weighted by atomic mass is 10.1. The van der Waals surface area contributed by atoms with E-state index in [1.165, 1.54) is 13.2 Å². The summed E-state index contributed by atoms with van der Waals surface area (Å²) in [6.45, 7) is 4.08. The van der Waals surface area contributed by atoms with Crippen LogP contribution < -0.4 is 4.74 Å². The summed E-state index contributed by atoms with van der Waals surface area (Å²) in [5.74, 6) is 0.506. The Balaban J connectivity index is 2.08. The molecule has 0 aliphatic carbocycles. The van der Waals surface area contributed by atoms with E-state index >= 15 is 0 Å². The molecule has 0 bridgehead atoms. The van der Waals surface area contributed by atoms with Crippen molar-refractivity contribution in [2.45, 2.75) is 31.3 Å². The molecule has 1 heterocycles. The zero-order chi connectivity index (χ0) is 15.9. The van der Waals surface area contributed by atoms with Crippen molar-refractivity contribution >= 4 is 5.69 Å². The second-order valence-electron chi connectivity index (χ2n) is 4.89. The van der Waals surface area contributed by atoms with Gasteiger partial charge in [-0.3, -0.25) is 0 Å². The van der Waals surface area contributed by atoms with Gasteiger partial charge in [0.2, 0.25) is 0 Å². The van der Waals surface area contributed by atoms with E-state index < -0.39 is 12.4 Å². The Bertz CT molecular complexity index is 572. The predicted octanol–water partition coefficient (Wildman–Crippen LogP) is 2.86. The standard InChI is InChI=1S/C15H19N3O4/c1-3-12(19)14-6-7-21-15(22-14)9-10-4-5-13(20-2)11(8-10)17-18-16/h3-5,8,12,14-15,19H,1,6-7,9H2,2H3/t12-,14-,15-/m1/s1. The van der Waals surface area contributed by atoms with Crippen molar-refractivity contribution in [2.75, 3.05) is 13.7 Å². The van der Waals surface area contributed by atoms with E-state index in [2.05, 4.69) is 16.6 Å². The first-order valence-corrected chi connectivity index (χ1v) is 6.97. The average molecular weight is 305 g/mol. The Hall–Kier alpha value is -2.05. The molecule has 0 amide bonds. The molecule has 1 aromatic carbocycles. The van der Waals surface area contributed by atoms with Crippen LogP contribution >= 0.6 is 0 Å². The number of hydrogen-bond acceptors (Lipinski definition) is 5. The van der Waals surface area contributed by atoms with Gasteiger partial charge >= 0.3 is 0 Å². The molecule has 7 heteroatoms. The van der Waals surface area contributed by atoms with Crippen molar-refractivity contribution in [1.82, 2.24) is 0 Å². The van der Waals surface area contributed by atoms with Gasteiger partial charge in [0.15, 0.2) is 6.29 Å². The molecule has 7 nitrogen and oxygen atoms in total. The van der Waals surface area contributed by atoms with E-state index in [4.69, 9.17) is 19.7 Å². The van der Waals surface area contributed by atoms with Gasteiger partial charge in [-0.25, -0.2) is 0 Å². The minimum atomic E-state index is -0.707. The molecule has 3 atom stereocenters. The number of methoxy groups -OCH3 is 1. The number of aliphatic hydroxyl groups is 1. The number of aliphatic hydroxyl groups excluding tert-OH is 1. The Morgan fingerprint density at radius 3 is 3.14 bits per heavy atom. The number of hydrogen-bond donors (Lipinski definition) is 1. The molecule has 22 heavy (non-hydrogen) atoms. The van der Waals surface area contributed by atoms with Crippen LogP contribution in [0.15, 0.2) is 36.0 Å². The zero-order valence-corrected chi connectivity index (χ0v) is 12.4. The highest BCUT2D eigenvalue weighted by Gasteiger charge is 2.27. The van der Waals surface area contributed by atoms with Gasteiger partial charge in [0, 0.05) is 17.8 Å². The van der Waals surface area contributed by atoms with Crippen LogP contribution in [0.2, 0.25) is 0 Å². The summed E-state index contributed by atoms with van der Waals surface area (Å²) in [5.41, 5.74) is 9.90. The van der Waals surface area contributed by atoms with Gasteiger partial charge in [0.1, 0.15) is 5.75 Å². The highest BCUT2D eigenvalue weighted by Crippen LogP contribution is 2.30. The first-order valence-electron chi connectivity index (χ1n) is 6.97. The first-order chi connectivity index (χ1) is 10.7. The topological polar surface area (TPSA) is 96.7 Å². The predicted molar refractivity (Wildman–Crippen MR) is 80.9 cm³/mol.